The van der Waals surface area contributed by atoms with Crippen LogP contribution in [-0.2, 0) is 20.9 Å². The third-order valence-corrected chi connectivity index (χ3v) is 10.3. The van der Waals surface area contributed by atoms with Gasteiger partial charge in [0.05, 0.1) is 26.8 Å². The van der Waals surface area contributed by atoms with Crippen molar-refractivity contribution in [2.75, 3.05) is 52.4 Å². The molecular weight excluding hydrogens is 683 g/mol. The van der Waals surface area contributed by atoms with E-state index in [1.54, 1.807) is 49.1 Å². The van der Waals surface area contributed by atoms with Crippen molar-refractivity contribution in [1.29, 1.82) is 0 Å². The van der Waals surface area contributed by atoms with Crippen LogP contribution in [-0.4, -0.2) is 107 Å². The number of carbonyl (C=O) groups is 4. The molecule has 280 valence electrons. The molecule has 1 fully saturated rings. The molecule has 2 aromatic carbocycles. The number of rotatable bonds is 9. The average Bonchev–Trinajstić information content (AvgIpc) is 3.59. The van der Waals surface area contributed by atoms with E-state index in [-0.39, 0.29) is 41.9 Å². The maximum Gasteiger partial charge on any atom is 0.254 e. The Morgan fingerprint density at radius 3 is 2.25 bits per heavy atom. The zero-order valence-corrected chi connectivity index (χ0v) is 31.6. The first kappa shape index (κ1) is 38.6. The lowest BCUT2D eigenvalue weighted by Gasteiger charge is -2.34. The fourth-order valence-electron chi connectivity index (χ4n) is 6.69. The van der Waals surface area contributed by atoms with E-state index in [9.17, 15) is 19.2 Å². The van der Waals surface area contributed by atoms with Crippen LogP contribution in [0.5, 0.6) is 11.5 Å². The van der Waals surface area contributed by atoms with Crippen LogP contribution < -0.4 is 20.1 Å². The summed E-state index contributed by atoms with van der Waals surface area (Å²) in [6.45, 7) is 5.99. The second-order valence-electron chi connectivity index (χ2n) is 13.6. The van der Waals surface area contributed by atoms with E-state index in [4.69, 9.17) is 19.6 Å². The number of nitrogens with one attached hydrogen (secondary N) is 2. The SMILES string of the molecule is COc1cc(OC)cc(C(=O)N2CCC(C(=O)N3CCCC(=O)N[C@@H](CCSC)C(=O)N[C@H](C(C)C)c4nc(-c5ccccc5)nn4CC3)CC2)c1. The summed E-state index contributed by atoms with van der Waals surface area (Å²) in [5.41, 5.74) is 1.32. The van der Waals surface area contributed by atoms with E-state index in [1.165, 1.54) is 0 Å². The van der Waals surface area contributed by atoms with Crippen molar-refractivity contribution in [3.8, 4) is 22.9 Å². The fraction of sp³-hybridized carbons (Fsp3) is 0.526. The van der Waals surface area contributed by atoms with Gasteiger partial charge in [-0.1, -0.05) is 44.2 Å². The Bertz CT molecular complexity index is 1670. The second-order valence-corrected chi connectivity index (χ2v) is 14.6. The van der Waals surface area contributed by atoms with Crippen molar-refractivity contribution in [1.82, 2.24) is 35.2 Å². The van der Waals surface area contributed by atoms with Gasteiger partial charge in [0.1, 0.15) is 17.5 Å². The summed E-state index contributed by atoms with van der Waals surface area (Å²) in [5, 5.41) is 11.0. The summed E-state index contributed by atoms with van der Waals surface area (Å²) in [7, 11) is 3.09. The van der Waals surface area contributed by atoms with Crippen molar-refractivity contribution >= 4 is 35.4 Å². The number of aromatic nitrogens is 3. The van der Waals surface area contributed by atoms with Crippen LogP contribution >= 0.6 is 11.8 Å². The van der Waals surface area contributed by atoms with Gasteiger partial charge in [0.2, 0.25) is 17.7 Å². The Morgan fingerprint density at radius 2 is 1.62 bits per heavy atom. The number of thioether (sulfide) groups is 1. The van der Waals surface area contributed by atoms with Gasteiger partial charge in [0, 0.05) is 55.7 Å². The van der Waals surface area contributed by atoms with Crippen LogP contribution in [0.2, 0.25) is 0 Å². The minimum atomic E-state index is -0.696. The standard InChI is InChI=1S/C38H51N7O6S/c1-25(2)33-35-41-34(26-10-7-6-8-11-26)42-45(35)20-19-43(16-9-12-32(46)39-31(15-21-52-5)36(47)40-33)37(48)27-13-17-44(18-14-27)38(49)28-22-29(50-3)24-30(23-28)51-4/h6-8,10-11,22-25,27,31,33H,9,12-21H2,1-5H3,(H,39,46)(H,40,47)/t31-,33+/m0/s1. The number of ether oxygens (including phenoxy) is 2. The first-order chi connectivity index (χ1) is 25.1. The molecule has 3 aromatic rings. The molecule has 3 heterocycles. The van der Waals surface area contributed by atoms with Crippen LogP contribution in [0.25, 0.3) is 11.4 Å². The van der Waals surface area contributed by atoms with E-state index in [2.05, 4.69) is 10.6 Å². The molecule has 0 radical (unpaired) electrons. The summed E-state index contributed by atoms with van der Waals surface area (Å²) in [4.78, 5) is 63.0. The van der Waals surface area contributed by atoms with E-state index in [1.807, 2.05) is 60.0 Å². The Kier molecular flexibility index (Phi) is 13.6. The Balaban J connectivity index is 1.37. The number of nitrogens with zero attached hydrogens (tertiary/aromatic N) is 5. The zero-order valence-electron chi connectivity index (χ0n) is 30.8. The number of carbonyl (C=O) groups excluding carboxylic acids is 4. The molecule has 2 aliphatic rings. The molecule has 2 atom stereocenters. The maximum absolute atomic E-state index is 14.2. The van der Waals surface area contributed by atoms with Gasteiger partial charge < -0.3 is 29.9 Å². The third kappa shape index (κ3) is 9.64. The highest BCUT2D eigenvalue weighted by Crippen LogP contribution is 2.28. The van der Waals surface area contributed by atoms with Crippen LogP contribution in [0.1, 0.15) is 68.2 Å². The fourth-order valence-corrected chi connectivity index (χ4v) is 7.16. The lowest BCUT2D eigenvalue weighted by molar-refractivity contribution is -0.137. The first-order valence-electron chi connectivity index (χ1n) is 18.0. The molecule has 52 heavy (non-hydrogen) atoms. The quantitative estimate of drug-likeness (QED) is 0.331. The largest absolute Gasteiger partial charge is 0.497 e. The molecular formula is C38H51N7O6S. The number of piperidine rings is 1. The third-order valence-electron chi connectivity index (χ3n) is 9.69. The predicted octanol–water partition coefficient (Wildman–Crippen LogP) is 4.19. The molecule has 14 heteroatoms. The monoisotopic (exact) mass is 733 g/mol. The van der Waals surface area contributed by atoms with Gasteiger partial charge in [-0.05, 0) is 55.7 Å². The summed E-state index contributed by atoms with van der Waals surface area (Å²) in [6, 6.07) is 13.6. The van der Waals surface area contributed by atoms with Crippen LogP contribution in [0, 0.1) is 11.8 Å². The summed E-state index contributed by atoms with van der Waals surface area (Å²) >= 11 is 1.62. The number of hydrogen-bond acceptors (Lipinski definition) is 9. The molecule has 0 aliphatic carbocycles. The summed E-state index contributed by atoms with van der Waals surface area (Å²) in [6.07, 6.45) is 4.13. The van der Waals surface area contributed by atoms with Gasteiger partial charge in [0.25, 0.3) is 5.91 Å². The molecule has 2 N–H and O–H groups in total. The van der Waals surface area contributed by atoms with Crippen molar-refractivity contribution in [3.63, 3.8) is 0 Å². The van der Waals surface area contributed by atoms with E-state index >= 15 is 0 Å². The normalized spacial score (nSPS) is 19.3. The number of benzene rings is 2. The van der Waals surface area contributed by atoms with Crippen LogP contribution in [0.15, 0.2) is 48.5 Å². The highest BCUT2D eigenvalue weighted by atomic mass is 32.2. The highest BCUT2D eigenvalue weighted by molar-refractivity contribution is 7.98. The lowest BCUT2D eigenvalue weighted by Crippen LogP contribution is -2.49. The minimum Gasteiger partial charge on any atom is -0.497 e. The van der Waals surface area contributed by atoms with E-state index in [0.29, 0.717) is 92.9 Å². The van der Waals surface area contributed by atoms with E-state index in [0.717, 1.165) is 5.56 Å². The van der Waals surface area contributed by atoms with Crippen molar-refractivity contribution in [3.05, 3.63) is 59.9 Å². The highest BCUT2D eigenvalue weighted by Gasteiger charge is 2.33. The number of fused-ring (bicyclic) bond motifs is 1. The van der Waals surface area contributed by atoms with Gasteiger partial charge in [0.15, 0.2) is 11.6 Å². The average molecular weight is 734 g/mol. The molecule has 5 rings (SSSR count). The molecule has 0 unspecified atom stereocenters. The summed E-state index contributed by atoms with van der Waals surface area (Å²) in [5.74, 6) is 2.00. The molecule has 0 bridgehead atoms. The molecule has 13 nitrogen and oxygen atoms in total. The Hall–Kier alpha value is -4.59. The van der Waals surface area contributed by atoms with Crippen molar-refractivity contribution in [2.45, 2.75) is 64.6 Å². The minimum absolute atomic E-state index is 0.000779. The number of likely N-dealkylation sites (tertiary alicyclic amines) is 1. The predicted molar refractivity (Wildman–Crippen MR) is 200 cm³/mol. The van der Waals surface area contributed by atoms with Crippen LogP contribution in [0.4, 0.5) is 0 Å². The molecule has 4 amide bonds. The van der Waals surface area contributed by atoms with Crippen LogP contribution in [0.3, 0.4) is 0 Å². The van der Waals surface area contributed by atoms with Gasteiger partial charge in [-0.25, -0.2) is 9.67 Å². The maximum atomic E-state index is 14.2. The lowest BCUT2D eigenvalue weighted by atomic mass is 9.94. The number of methoxy groups -OCH3 is 2. The van der Waals surface area contributed by atoms with Gasteiger partial charge in [-0.15, -0.1) is 0 Å². The topological polar surface area (TPSA) is 148 Å². The molecule has 2 aliphatic heterocycles. The van der Waals surface area contributed by atoms with E-state index < -0.39 is 12.1 Å². The smallest absolute Gasteiger partial charge is 0.254 e. The Labute approximate surface area is 310 Å². The second kappa shape index (κ2) is 18.3. The molecule has 1 aromatic heterocycles. The molecule has 0 spiro atoms. The number of hydrogen-bond donors (Lipinski definition) is 2. The molecule has 0 saturated carbocycles. The van der Waals surface area contributed by atoms with Gasteiger partial charge >= 0.3 is 0 Å². The van der Waals surface area contributed by atoms with Gasteiger partial charge in [-0.3, -0.25) is 19.2 Å². The Morgan fingerprint density at radius 1 is 0.923 bits per heavy atom. The summed E-state index contributed by atoms with van der Waals surface area (Å²) < 4.78 is 12.5. The zero-order chi connectivity index (χ0) is 37.2. The first-order valence-corrected chi connectivity index (χ1v) is 19.4. The van der Waals surface area contributed by atoms with Gasteiger partial charge in [-0.2, -0.15) is 16.9 Å². The van der Waals surface area contributed by atoms with Crippen molar-refractivity contribution < 1.29 is 28.7 Å². The number of amides is 4. The molecule has 1 saturated heterocycles. The van der Waals surface area contributed by atoms with Crippen molar-refractivity contribution in [2.24, 2.45) is 11.8 Å².